The largest absolute Gasteiger partial charge is 0.447 e. The number of carbonyl (C=O) groups excluding carboxylic acids is 3. The molecule has 3 amide bonds. The van der Waals surface area contributed by atoms with Gasteiger partial charge in [-0.1, -0.05) is 30.3 Å². The molecular formula is C25H30BrN3O5S. The number of likely N-dealkylation sites (tertiary alicyclic amines) is 1. The molecule has 1 aromatic heterocycles. The number of aromatic nitrogens is 1. The van der Waals surface area contributed by atoms with Crippen molar-refractivity contribution in [2.45, 2.75) is 51.7 Å². The standard InChI is InChI=1S/C25H30BrN3O5S/c1-25(2,3)34-23(31)28-10-9-17(14-28)19(12-21-27-13-20(26)35-21)22(30)29-18(15-33-24(29)32)11-16-7-5-4-6-8-16/h4-8,13,17-19H,9-12,14-15H2,1-3H3/t17-,18-,19-/m0/s1. The van der Waals surface area contributed by atoms with Crippen LogP contribution in [0.5, 0.6) is 0 Å². The van der Waals surface area contributed by atoms with Crippen LogP contribution in [0, 0.1) is 11.8 Å². The van der Waals surface area contributed by atoms with E-state index in [0.29, 0.717) is 32.4 Å². The molecule has 0 aliphatic carbocycles. The molecular weight excluding hydrogens is 534 g/mol. The van der Waals surface area contributed by atoms with E-state index in [4.69, 9.17) is 9.47 Å². The molecule has 0 bridgehead atoms. The molecule has 2 aromatic rings. The molecule has 2 aliphatic rings. The van der Waals surface area contributed by atoms with Crippen molar-refractivity contribution in [1.82, 2.24) is 14.8 Å². The van der Waals surface area contributed by atoms with Crippen LogP contribution in [0.4, 0.5) is 9.59 Å². The van der Waals surface area contributed by atoms with Crippen LogP contribution in [0.2, 0.25) is 0 Å². The first-order valence-electron chi connectivity index (χ1n) is 11.7. The van der Waals surface area contributed by atoms with Crippen LogP contribution in [-0.2, 0) is 27.1 Å². The smallest absolute Gasteiger partial charge is 0.416 e. The van der Waals surface area contributed by atoms with E-state index in [1.807, 2.05) is 51.1 Å². The summed E-state index contributed by atoms with van der Waals surface area (Å²) in [6, 6.07) is 9.39. The van der Waals surface area contributed by atoms with E-state index in [-0.39, 0.29) is 30.6 Å². The van der Waals surface area contributed by atoms with E-state index in [9.17, 15) is 14.4 Å². The average Bonchev–Trinajstić information content (AvgIpc) is 3.52. The van der Waals surface area contributed by atoms with Gasteiger partial charge in [0.15, 0.2) is 0 Å². The quantitative estimate of drug-likeness (QED) is 0.496. The Kier molecular flexibility index (Phi) is 7.80. The highest BCUT2D eigenvalue weighted by Gasteiger charge is 2.45. The molecule has 3 heterocycles. The number of hydrogen-bond donors (Lipinski definition) is 0. The van der Waals surface area contributed by atoms with Crippen molar-refractivity contribution in [3.63, 3.8) is 0 Å². The summed E-state index contributed by atoms with van der Waals surface area (Å²) in [6.07, 6.45) is 2.29. The molecule has 0 saturated carbocycles. The lowest BCUT2D eigenvalue weighted by atomic mass is 9.87. The maximum Gasteiger partial charge on any atom is 0.416 e. The molecule has 0 radical (unpaired) electrons. The van der Waals surface area contributed by atoms with Crippen molar-refractivity contribution >= 4 is 45.4 Å². The zero-order chi connectivity index (χ0) is 25.2. The summed E-state index contributed by atoms with van der Waals surface area (Å²) in [5.41, 5.74) is 0.438. The molecule has 0 N–H and O–H groups in total. The fourth-order valence-corrected chi connectivity index (χ4v) is 5.94. The first-order valence-corrected chi connectivity index (χ1v) is 13.3. The van der Waals surface area contributed by atoms with Gasteiger partial charge >= 0.3 is 12.2 Å². The normalized spacial score (nSPS) is 21.2. The predicted molar refractivity (Wildman–Crippen MR) is 135 cm³/mol. The van der Waals surface area contributed by atoms with Crippen molar-refractivity contribution in [1.29, 1.82) is 0 Å². The lowest BCUT2D eigenvalue weighted by Crippen LogP contribution is -2.46. The first kappa shape index (κ1) is 25.6. The highest BCUT2D eigenvalue weighted by Crippen LogP contribution is 2.33. The van der Waals surface area contributed by atoms with Crippen LogP contribution >= 0.6 is 27.3 Å². The number of nitrogens with zero attached hydrogens (tertiary/aromatic N) is 3. The Labute approximate surface area is 217 Å². The highest BCUT2D eigenvalue weighted by molar-refractivity contribution is 9.11. The summed E-state index contributed by atoms with van der Waals surface area (Å²) in [7, 11) is 0. The SMILES string of the molecule is CC(C)(C)OC(=O)N1CC[C@H]([C@H](Cc2ncc(Br)s2)C(=O)N2C(=O)OC[C@@H]2Cc2ccccc2)C1. The molecule has 2 saturated heterocycles. The number of hydrogen-bond acceptors (Lipinski definition) is 7. The fraction of sp³-hybridized carbons (Fsp3) is 0.520. The van der Waals surface area contributed by atoms with Crippen molar-refractivity contribution < 1.29 is 23.9 Å². The molecule has 1 aromatic carbocycles. The van der Waals surface area contributed by atoms with Crippen LogP contribution in [0.25, 0.3) is 0 Å². The molecule has 0 spiro atoms. The lowest BCUT2D eigenvalue weighted by molar-refractivity contribution is -0.135. The van der Waals surface area contributed by atoms with Gasteiger partial charge in [0.25, 0.3) is 0 Å². The van der Waals surface area contributed by atoms with Crippen LogP contribution in [0.3, 0.4) is 0 Å². The van der Waals surface area contributed by atoms with E-state index in [0.717, 1.165) is 14.4 Å². The molecule has 35 heavy (non-hydrogen) atoms. The zero-order valence-electron chi connectivity index (χ0n) is 20.1. The topological polar surface area (TPSA) is 89.0 Å². The van der Waals surface area contributed by atoms with Crippen molar-refractivity contribution in [3.05, 3.63) is 50.9 Å². The predicted octanol–water partition coefficient (Wildman–Crippen LogP) is 4.91. The maximum absolute atomic E-state index is 13.9. The Morgan fingerprint density at radius 2 is 2.03 bits per heavy atom. The molecule has 0 unspecified atom stereocenters. The van der Waals surface area contributed by atoms with Gasteiger partial charge in [-0.15, -0.1) is 11.3 Å². The van der Waals surface area contributed by atoms with Crippen LogP contribution < -0.4 is 0 Å². The highest BCUT2D eigenvalue weighted by atomic mass is 79.9. The first-order chi connectivity index (χ1) is 16.6. The summed E-state index contributed by atoms with van der Waals surface area (Å²) in [5, 5.41) is 0.804. The third kappa shape index (κ3) is 6.41. The monoisotopic (exact) mass is 563 g/mol. The second-order valence-corrected chi connectivity index (χ2v) is 12.5. The molecule has 4 rings (SSSR count). The van der Waals surface area contributed by atoms with Gasteiger partial charge < -0.3 is 14.4 Å². The van der Waals surface area contributed by atoms with E-state index in [1.54, 1.807) is 11.1 Å². The number of ether oxygens (including phenoxy) is 2. The summed E-state index contributed by atoms with van der Waals surface area (Å²) in [6.45, 7) is 6.56. The molecule has 10 heteroatoms. The van der Waals surface area contributed by atoms with Crippen LogP contribution in [-0.4, -0.2) is 64.2 Å². The summed E-state index contributed by atoms with van der Waals surface area (Å²) < 4.78 is 11.7. The minimum atomic E-state index is -0.608. The van der Waals surface area contributed by atoms with Crippen LogP contribution in [0.1, 0.15) is 37.8 Å². The Balaban J connectivity index is 1.54. The summed E-state index contributed by atoms with van der Waals surface area (Å²) in [4.78, 5) is 46.6. The molecule has 8 nitrogen and oxygen atoms in total. The van der Waals surface area contributed by atoms with Gasteiger partial charge in [-0.05, 0) is 61.0 Å². The number of thiazole rings is 1. The number of halogens is 1. The van der Waals surface area contributed by atoms with E-state index in [2.05, 4.69) is 20.9 Å². The number of carbonyl (C=O) groups is 3. The molecule has 3 atom stereocenters. The van der Waals surface area contributed by atoms with Gasteiger partial charge in [0.2, 0.25) is 5.91 Å². The van der Waals surface area contributed by atoms with Gasteiger partial charge in [0.1, 0.15) is 12.2 Å². The van der Waals surface area contributed by atoms with Gasteiger partial charge in [0, 0.05) is 25.4 Å². The Hall–Kier alpha value is -2.46. The zero-order valence-corrected chi connectivity index (χ0v) is 22.5. The summed E-state index contributed by atoms with van der Waals surface area (Å²) >= 11 is 4.91. The minimum Gasteiger partial charge on any atom is -0.447 e. The van der Waals surface area contributed by atoms with Crippen molar-refractivity contribution in [3.8, 4) is 0 Å². The third-order valence-electron chi connectivity index (χ3n) is 6.20. The minimum absolute atomic E-state index is 0.122. The van der Waals surface area contributed by atoms with Gasteiger partial charge in [-0.3, -0.25) is 4.79 Å². The average molecular weight is 565 g/mol. The van der Waals surface area contributed by atoms with Gasteiger partial charge in [0.05, 0.1) is 21.0 Å². The van der Waals surface area contributed by atoms with Crippen LogP contribution in [0.15, 0.2) is 40.3 Å². The maximum atomic E-state index is 13.9. The number of cyclic esters (lactones) is 1. The Morgan fingerprint density at radius 3 is 2.69 bits per heavy atom. The van der Waals surface area contributed by atoms with E-state index in [1.165, 1.54) is 16.2 Å². The van der Waals surface area contributed by atoms with Crippen molar-refractivity contribution in [2.75, 3.05) is 19.7 Å². The van der Waals surface area contributed by atoms with Gasteiger partial charge in [-0.2, -0.15) is 0 Å². The second-order valence-electron chi connectivity index (χ2n) is 9.97. The van der Waals surface area contributed by atoms with E-state index >= 15 is 0 Å². The number of benzene rings is 1. The fourth-order valence-electron chi connectivity index (χ4n) is 4.58. The molecule has 2 fully saturated rings. The third-order valence-corrected chi connectivity index (χ3v) is 7.69. The number of imide groups is 1. The molecule has 188 valence electrons. The molecule has 2 aliphatic heterocycles. The number of amides is 3. The Morgan fingerprint density at radius 1 is 1.29 bits per heavy atom. The number of rotatable bonds is 6. The van der Waals surface area contributed by atoms with E-state index < -0.39 is 17.6 Å². The Bertz CT molecular complexity index is 1070. The summed E-state index contributed by atoms with van der Waals surface area (Å²) in [5.74, 6) is -0.899. The van der Waals surface area contributed by atoms with Crippen molar-refractivity contribution in [2.24, 2.45) is 11.8 Å². The second kappa shape index (κ2) is 10.7. The lowest BCUT2D eigenvalue weighted by Gasteiger charge is -2.28. The van der Waals surface area contributed by atoms with Gasteiger partial charge in [-0.25, -0.2) is 19.5 Å².